The van der Waals surface area contributed by atoms with Gasteiger partial charge in [-0.15, -0.1) is 10.2 Å². The summed E-state index contributed by atoms with van der Waals surface area (Å²) in [4.78, 5) is 18.8. The van der Waals surface area contributed by atoms with Gasteiger partial charge in [-0.25, -0.2) is 4.98 Å². The second-order valence-corrected chi connectivity index (χ2v) is 6.77. The molecule has 0 bridgehead atoms. The summed E-state index contributed by atoms with van der Waals surface area (Å²) < 4.78 is 0. The normalized spacial score (nSPS) is 10.9. The van der Waals surface area contributed by atoms with Gasteiger partial charge in [0.25, 0.3) is 5.69 Å². The van der Waals surface area contributed by atoms with E-state index in [0.29, 0.717) is 22.8 Å². The predicted molar refractivity (Wildman–Crippen MR) is 115 cm³/mol. The first-order valence-corrected chi connectivity index (χ1v) is 9.32. The van der Waals surface area contributed by atoms with Crippen molar-refractivity contribution in [3.05, 3.63) is 95.0 Å². The van der Waals surface area contributed by atoms with E-state index in [9.17, 15) is 10.1 Å². The third-order valence-corrected chi connectivity index (χ3v) is 4.84. The second-order valence-electron chi connectivity index (χ2n) is 6.77. The molecule has 2 heterocycles. The van der Waals surface area contributed by atoms with Gasteiger partial charge in [0.05, 0.1) is 21.7 Å². The van der Waals surface area contributed by atoms with Crippen LogP contribution in [0, 0.1) is 10.1 Å². The smallest absolute Gasteiger partial charge is 0.270 e. The first-order valence-electron chi connectivity index (χ1n) is 9.32. The number of aromatic nitrogens is 4. The van der Waals surface area contributed by atoms with Crippen LogP contribution in [0.15, 0.2) is 84.9 Å². The number of nitro groups is 1. The van der Waals surface area contributed by atoms with Gasteiger partial charge >= 0.3 is 0 Å². The molecular formula is C23H15N5O2. The number of nitrogens with zero attached hydrogens (tertiary/aromatic N) is 4. The van der Waals surface area contributed by atoms with E-state index in [1.54, 1.807) is 12.1 Å². The minimum Gasteiger partial charge on any atom is -0.338 e. The highest BCUT2D eigenvalue weighted by Gasteiger charge is 2.17. The summed E-state index contributed by atoms with van der Waals surface area (Å²) in [5, 5.41) is 20.0. The van der Waals surface area contributed by atoms with Gasteiger partial charge in [-0.1, -0.05) is 54.6 Å². The molecule has 1 N–H and O–H groups in total. The molecule has 7 nitrogen and oxygen atoms in total. The van der Waals surface area contributed by atoms with Gasteiger partial charge in [0.1, 0.15) is 11.5 Å². The average Bonchev–Trinajstić information content (AvgIpc) is 3.23. The maximum absolute atomic E-state index is 11.2. The number of H-pyrrole nitrogens is 1. The summed E-state index contributed by atoms with van der Waals surface area (Å²) in [6.45, 7) is 0. The summed E-state index contributed by atoms with van der Waals surface area (Å²) in [5.74, 6) is 0.664. The fraction of sp³-hybridized carbons (Fsp3) is 0. The molecule has 0 unspecified atom stereocenters. The van der Waals surface area contributed by atoms with E-state index >= 15 is 0 Å². The molecule has 0 aliphatic heterocycles. The number of nitrogens with one attached hydrogen (secondary N) is 1. The van der Waals surface area contributed by atoms with Crippen LogP contribution in [0.2, 0.25) is 0 Å². The number of hydrogen-bond acceptors (Lipinski definition) is 5. The molecule has 0 aliphatic carbocycles. The van der Waals surface area contributed by atoms with E-state index in [-0.39, 0.29) is 5.69 Å². The number of para-hydroxylation sites is 2. The van der Waals surface area contributed by atoms with Crippen LogP contribution in [-0.4, -0.2) is 25.1 Å². The number of hydrogen-bond donors (Lipinski definition) is 1. The summed E-state index contributed by atoms with van der Waals surface area (Å²) in [6.07, 6.45) is 0. The number of fused-ring (bicyclic) bond motifs is 1. The molecule has 0 atom stereocenters. The zero-order valence-corrected chi connectivity index (χ0v) is 15.7. The van der Waals surface area contributed by atoms with Crippen molar-refractivity contribution in [1.29, 1.82) is 0 Å². The average molecular weight is 393 g/mol. The molecule has 7 heteroatoms. The van der Waals surface area contributed by atoms with Crippen molar-refractivity contribution in [2.24, 2.45) is 0 Å². The van der Waals surface area contributed by atoms with Gasteiger partial charge in [0, 0.05) is 28.8 Å². The van der Waals surface area contributed by atoms with Gasteiger partial charge < -0.3 is 4.98 Å². The van der Waals surface area contributed by atoms with Crippen LogP contribution < -0.4 is 0 Å². The molecule has 0 amide bonds. The van der Waals surface area contributed by atoms with E-state index < -0.39 is 4.92 Å². The molecular weight excluding hydrogens is 378 g/mol. The second kappa shape index (κ2) is 7.21. The fourth-order valence-electron chi connectivity index (χ4n) is 3.38. The maximum atomic E-state index is 11.2. The Bertz CT molecular complexity index is 1350. The number of aromatic amines is 1. The molecule has 144 valence electrons. The zero-order valence-electron chi connectivity index (χ0n) is 15.7. The Morgan fingerprint density at radius 2 is 1.57 bits per heavy atom. The summed E-state index contributed by atoms with van der Waals surface area (Å²) >= 11 is 0. The number of benzene rings is 3. The minimum atomic E-state index is -0.421. The van der Waals surface area contributed by atoms with Crippen LogP contribution in [0.3, 0.4) is 0 Å². The molecule has 5 aromatic rings. The Balaban J connectivity index is 1.72. The van der Waals surface area contributed by atoms with Crippen molar-refractivity contribution in [3.63, 3.8) is 0 Å². The van der Waals surface area contributed by atoms with Gasteiger partial charge in [0.2, 0.25) is 0 Å². The van der Waals surface area contributed by atoms with Crippen molar-refractivity contribution in [2.45, 2.75) is 0 Å². The molecule has 5 rings (SSSR count). The first-order chi connectivity index (χ1) is 14.7. The standard InChI is InChI=1S/C23H15N5O2/c29-28(30)17-10-6-9-16(13-17)21-14-18(22(27-26-21)15-7-2-1-3-8-15)23-24-19-11-4-5-12-20(19)25-23/h1-14H,(H,24,25). The van der Waals surface area contributed by atoms with Crippen LogP contribution in [0.4, 0.5) is 5.69 Å². The molecule has 0 aliphatic rings. The Hall–Kier alpha value is -4.39. The monoisotopic (exact) mass is 393 g/mol. The lowest BCUT2D eigenvalue weighted by Crippen LogP contribution is -1.97. The van der Waals surface area contributed by atoms with Crippen LogP contribution in [0.5, 0.6) is 0 Å². The molecule has 0 saturated carbocycles. The van der Waals surface area contributed by atoms with Crippen molar-refractivity contribution in [3.8, 4) is 33.9 Å². The molecule has 0 fully saturated rings. The van der Waals surface area contributed by atoms with E-state index in [1.807, 2.05) is 60.7 Å². The van der Waals surface area contributed by atoms with E-state index in [1.165, 1.54) is 12.1 Å². The molecule has 2 aromatic heterocycles. The van der Waals surface area contributed by atoms with Crippen LogP contribution in [-0.2, 0) is 0 Å². The summed E-state index contributed by atoms with van der Waals surface area (Å²) in [6, 6.07) is 25.8. The van der Waals surface area contributed by atoms with Gasteiger partial charge in [-0.05, 0) is 18.2 Å². The van der Waals surface area contributed by atoms with Gasteiger partial charge in [-0.3, -0.25) is 10.1 Å². The molecule has 3 aromatic carbocycles. The highest BCUT2D eigenvalue weighted by atomic mass is 16.6. The van der Waals surface area contributed by atoms with Crippen LogP contribution in [0.1, 0.15) is 0 Å². The van der Waals surface area contributed by atoms with Crippen molar-refractivity contribution in [2.75, 3.05) is 0 Å². The molecule has 0 saturated heterocycles. The van der Waals surface area contributed by atoms with Crippen LogP contribution in [0.25, 0.3) is 44.9 Å². The van der Waals surface area contributed by atoms with E-state index in [4.69, 9.17) is 4.98 Å². The van der Waals surface area contributed by atoms with Gasteiger partial charge in [-0.2, -0.15) is 0 Å². The first kappa shape index (κ1) is 17.7. The number of imidazole rings is 1. The molecule has 0 spiro atoms. The van der Waals surface area contributed by atoms with E-state index in [2.05, 4.69) is 15.2 Å². The van der Waals surface area contributed by atoms with Crippen molar-refractivity contribution in [1.82, 2.24) is 20.2 Å². The zero-order chi connectivity index (χ0) is 20.5. The molecule has 0 radical (unpaired) electrons. The lowest BCUT2D eigenvalue weighted by Gasteiger charge is -2.09. The number of rotatable bonds is 4. The number of non-ortho nitro benzene ring substituents is 1. The summed E-state index contributed by atoms with van der Waals surface area (Å²) in [5.41, 5.74) is 5.29. The van der Waals surface area contributed by atoms with Gasteiger partial charge in [0.15, 0.2) is 0 Å². The highest BCUT2D eigenvalue weighted by molar-refractivity contribution is 5.85. The Kier molecular flexibility index (Phi) is 4.25. The Morgan fingerprint density at radius 1 is 0.800 bits per heavy atom. The van der Waals surface area contributed by atoms with Crippen molar-refractivity contribution < 1.29 is 4.92 Å². The SMILES string of the molecule is O=[N+]([O-])c1cccc(-c2cc(-c3nc4ccccc4[nH]3)c(-c3ccccc3)nn2)c1. The molecule has 30 heavy (non-hydrogen) atoms. The predicted octanol–water partition coefficient (Wildman–Crippen LogP) is 5.26. The van der Waals surface area contributed by atoms with Crippen molar-refractivity contribution >= 4 is 16.7 Å². The third-order valence-electron chi connectivity index (χ3n) is 4.84. The Labute approximate surface area is 171 Å². The third kappa shape index (κ3) is 3.18. The maximum Gasteiger partial charge on any atom is 0.270 e. The minimum absolute atomic E-state index is 0.00622. The van der Waals surface area contributed by atoms with Crippen LogP contribution >= 0.6 is 0 Å². The number of nitro benzene ring substituents is 1. The Morgan fingerprint density at radius 3 is 2.37 bits per heavy atom. The lowest BCUT2D eigenvalue weighted by molar-refractivity contribution is -0.384. The quantitative estimate of drug-likeness (QED) is 0.332. The van der Waals surface area contributed by atoms with E-state index in [0.717, 1.165) is 22.2 Å². The topological polar surface area (TPSA) is 97.6 Å². The summed E-state index contributed by atoms with van der Waals surface area (Å²) in [7, 11) is 0. The lowest BCUT2D eigenvalue weighted by atomic mass is 10.0. The largest absolute Gasteiger partial charge is 0.338 e. The highest BCUT2D eigenvalue weighted by Crippen LogP contribution is 2.33. The fourth-order valence-corrected chi connectivity index (χ4v) is 3.38.